The van der Waals surface area contributed by atoms with Crippen molar-refractivity contribution in [1.82, 2.24) is 14.5 Å². The molecule has 2 aromatic heterocycles. The fraction of sp³-hybridized carbons (Fsp3) is 0.300. The van der Waals surface area contributed by atoms with Crippen molar-refractivity contribution in [3.63, 3.8) is 0 Å². The Morgan fingerprint density at radius 1 is 1.62 bits per heavy atom. The van der Waals surface area contributed by atoms with Crippen LogP contribution in [0.3, 0.4) is 0 Å². The molecule has 2 rings (SSSR count). The number of carboxylic acids is 1. The summed E-state index contributed by atoms with van der Waals surface area (Å²) in [6.45, 7) is 2.18. The summed E-state index contributed by atoms with van der Waals surface area (Å²) < 4.78 is 1.78. The van der Waals surface area contributed by atoms with Gasteiger partial charge < -0.3 is 9.67 Å². The van der Waals surface area contributed by atoms with Crippen LogP contribution in [0.15, 0.2) is 12.3 Å². The largest absolute Gasteiger partial charge is 0.481 e. The van der Waals surface area contributed by atoms with Crippen LogP contribution < -0.4 is 0 Å². The number of pyridine rings is 1. The van der Waals surface area contributed by atoms with Gasteiger partial charge in [-0.2, -0.15) is 0 Å². The highest BCUT2D eigenvalue weighted by atomic mass is 35.5. The number of aliphatic carboxylic acids is 1. The second kappa shape index (κ2) is 4.09. The van der Waals surface area contributed by atoms with Crippen LogP contribution >= 0.6 is 11.6 Å². The van der Waals surface area contributed by atoms with Gasteiger partial charge in [0.2, 0.25) is 0 Å². The maximum Gasteiger partial charge on any atom is 0.305 e. The second-order valence-electron chi connectivity index (χ2n) is 3.45. The number of hydrogen-bond donors (Lipinski definition) is 1. The number of fused-ring (bicyclic) bond motifs is 1. The van der Waals surface area contributed by atoms with Crippen LogP contribution in [-0.2, 0) is 11.3 Å². The molecule has 0 aliphatic rings. The summed E-state index contributed by atoms with van der Waals surface area (Å²) in [6.07, 6.45) is 1.58. The molecule has 1 N–H and O–H groups in total. The Hall–Kier alpha value is -1.62. The van der Waals surface area contributed by atoms with Crippen molar-refractivity contribution in [2.45, 2.75) is 19.9 Å². The van der Waals surface area contributed by atoms with Gasteiger partial charge in [-0.1, -0.05) is 11.6 Å². The van der Waals surface area contributed by atoms with Crippen molar-refractivity contribution in [1.29, 1.82) is 0 Å². The predicted molar refractivity (Wildman–Crippen MR) is 59.5 cm³/mol. The third-order valence-corrected chi connectivity index (χ3v) is 2.50. The van der Waals surface area contributed by atoms with E-state index in [4.69, 9.17) is 16.7 Å². The lowest BCUT2D eigenvalue weighted by atomic mass is 10.4. The Morgan fingerprint density at radius 3 is 3.06 bits per heavy atom. The molecule has 84 valence electrons. The average Bonchev–Trinajstić information content (AvgIpc) is 2.50. The topological polar surface area (TPSA) is 68.0 Å². The molecule has 0 spiro atoms. The molecule has 2 aromatic rings. The van der Waals surface area contributed by atoms with E-state index in [-0.39, 0.29) is 6.42 Å². The third kappa shape index (κ3) is 1.99. The molecule has 2 heterocycles. The van der Waals surface area contributed by atoms with E-state index in [0.29, 0.717) is 22.7 Å². The van der Waals surface area contributed by atoms with E-state index in [1.165, 1.54) is 6.20 Å². The Bertz CT molecular complexity index is 550. The van der Waals surface area contributed by atoms with Gasteiger partial charge in [-0.05, 0) is 13.0 Å². The molecule has 0 fully saturated rings. The van der Waals surface area contributed by atoms with Crippen LogP contribution in [0.25, 0.3) is 11.2 Å². The van der Waals surface area contributed by atoms with Crippen molar-refractivity contribution in [3.05, 3.63) is 23.1 Å². The SMILES string of the molecule is Cc1nc2cc(Cl)cnc2n1CCC(=O)O. The van der Waals surface area contributed by atoms with Gasteiger partial charge >= 0.3 is 5.97 Å². The Balaban J connectivity index is 2.43. The van der Waals surface area contributed by atoms with E-state index < -0.39 is 5.97 Å². The highest BCUT2D eigenvalue weighted by Gasteiger charge is 2.10. The van der Waals surface area contributed by atoms with E-state index in [2.05, 4.69) is 9.97 Å². The predicted octanol–water partition coefficient (Wildman–Crippen LogP) is 1.87. The highest BCUT2D eigenvalue weighted by molar-refractivity contribution is 6.31. The quantitative estimate of drug-likeness (QED) is 0.888. The lowest BCUT2D eigenvalue weighted by molar-refractivity contribution is -0.137. The maximum atomic E-state index is 10.5. The second-order valence-corrected chi connectivity index (χ2v) is 3.89. The normalized spacial score (nSPS) is 10.9. The summed E-state index contributed by atoms with van der Waals surface area (Å²) in [5.74, 6) is -0.0961. The number of imidazole rings is 1. The minimum absolute atomic E-state index is 0.0522. The van der Waals surface area contributed by atoms with Crippen LogP contribution in [0.1, 0.15) is 12.2 Å². The standard InChI is InChI=1S/C10H10ClN3O2/c1-6-13-8-4-7(11)5-12-10(8)14(6)3-2-9(15)16/h4-5H,2-3H2,1H3,(H,15,16). The molecule has 0 saturated heterocycles. The van der Waals surface area contributed by atoms with Gasteiger partial charge in [-0.25, -0.2) is 9.97 Å². The molecule has 16 heavy (non-hydrogen) atoms. The van der Waals surface area contributed by atoms with Gasteiger partial charge in [0, 0.05) is 12.7 Å². The van der Waals surface area contributed by atoms with Crippen LogP contribution in [0, 0.1) is 6.92 Å². The lowest BCUT2D eigenvalue weighted by Gasteiger charge is -2.03. The first-order valence-corrected chi connectivity index (χ1v) is 5.16. The molecule has 0 aliphatic carbocycles. The van der Waals surface area contributed by atoms with Crippen LogP contribution in [0.5, 0.6) is 0 Å². The van der Waals surface area contributed by atoms with Crippen LogP contribution in [0.4, 0.5) is 0 Å². The smallest absolute Gasteiger partial charge is 0.305 e. The number of halogens is 1. The molecule has 0 amide bonds. The number of aromatic nitrogens is 3. The molecular weight excluding hydrogens is 230 g/mol. The summed E-state index contributed by atoms with van der Waals surface area (Å²) >= 11 is 5.80. The van der Waals surface area contributed by atoms with Crippen molar-refractivity contribution in [2.24, 2.45) is 0 Å². The third-order valence-electron chi connectivity index (χ3n) is 2.29. The number of carboxylic acid groups (broad SMARTS) is 1. The Morgan fingerprint density at radius 2 is 2.38 bits per heavy atom. The van der Waals surface area contributed by atoms with E-state index in [0.717, 1.165) is 5.82 Å². The number of aryl methyl sites for hydroxylation is 2. The van der Waals surface area contributed by atoms with E-state index >= 15 is 0 Å². The lowest BCUT2D eigenvalue weighted by Crippen LogP contribution is -2.06. The zero-order valence-corrected chi connectivity index (χ0v) is 9.40. The summed E-state index contributed by atoms with van der Waals surface area (Å²) in [5, 5.41) is 9.17. The van der Waals surface area contributed by atoms with Gasteiger partial charge in [0.25, 0.3) is 0 Å². The Kier molecular flexibility index (Phi) is 2.78. The van der Waals surface area contributed by atoms with E-state index in [1.807, 2.05) is 6.92 Å². The zero-order valence-electron chi connectivity index (χ0n) is 8.64. The van der Waals surface area contributed by atoms with Gasteiger partial charge in [-0.15, -0.1) is 0 Å². The molecule has 0 atom stereocenters. The monoisotopic (exact) mass is 239 g/mol. The van der Waals surface area contributed by atoms with Crippen molar-refractivity contribution in [2.75, 3.05) is 0 Å². The molecule has 5 nitrogen and oxygen atoms in total. The van der Waals surface area contributed by atoms with Crippen molar-refractivity contribution in [3.8, 4) is 0 Å². The number of rotatable bonds is 3. The minimum Gasteiger partial charge on any atom is -0.481 e. The summed E-state index contributed by atoms with van der Waals surface area (Å²) in [7, 11) is 0. The van der Waals surface area contributed by atoms with Crippen molar-refractivity contribution >= 4 is 28.7 Å². The maximum absolute atomic E-state index is 10.5. The van der Waals surface area contributed by atoms with Gasteiger partial charge in [-0.3, -0.25) is 4.79 Å². The van der Waals surface area contributed by atoms with E-state index in [1.54, 1.807) is 10.6 Å². The molecule has 0 unspecified atom stereocenters. The molecule has 0 saturated carbocycles. The number of hydrogen-bond acceptors (Lipinski definition) is 3. The molecular formula is C10H10ClN3O2. The van der Waals surface area contributed by atoms with E-state index in [9.17, 15) is 4.79 Å². The minimum atomic E-state index is -0.838. The first kappa shape index (κ1) is 10.9. The highest BCUT2D eigenvalue weighted by Crippen LogP contribution is 2.17. The average molecular weight is 240 g/mol. The van der Waals surface area contributed by atoms with Crippen LogP contribution in [-0.4, -0.2) is 25.6 Å². The van der Waals surface area contributed by atoms with Crippen LogP contribution in [0.2, 0.25) is 5.02 Å². The van der Waals surface area contributed by atoms with Crippen molar-refractivity contribution < 1.29 is 9.90 Å². The fourth-order valence-electron chi connectivity index (χ4n) is 1.57. The molecule has 0 bridgehead atoms. The first-order chi connectivity index (χ1) is 7.58. The number of carbonyl (C=O) groups is 1. The first-order valence-electron chi connectivity index (χ1n) is 4.78. The van der Waals surface area contributed by atoms with Gasteiger partial charge in [0.05, 0.1) is 11.4 Å². The Labute approximate surface area is 96.7 Å². The summed E-state index contributed by atoms with van der Waals surface area (Å²) in [6, 6.07) is 1.72. The fourth-order valence-corrected chi connectivity index (χ4v) is 1.73. The summed E-state index contributed by atoms with van der Waals surface area (Å²) in [4.78, 5) is 19.0. The van der Waals surface area contributed by atoms with Gasteiger partial charge in [0.1, 0.15) is 11.3 Å². The molecule has 6 heteroatoms. The number of nitrogens with zero attached hydrogens (tertiary/aromatic N) is 3. The van der Waals surface area contributed by atoms with Gasteiger partial charge in [0.15, 0.2) is 5.65 Å². The molecule has 0 aliphatic heterocycles. The molecule has 0 aromatic carbocycles. The zero-order chi connectivity index (χ0) is 11.7. The molecule has 0 radical (unpaired) electrons. The summed E-state index contributed by atoms with van der Waals surface area (Å²) in [5.41, 5.74) is 1.36.